The molecule has 2 atom stereocenters. The van der Waals surface area contributed by atoms with E-state index in [0.717, 1.165) is 17.7 Å². The van der Waals surface area contributed by atoms with Gasteiger partial charge in [-0.25, -0.2) is 9.82 Å². The van der Waals surface area contributed by atoms with Crippen molar-refractivity contribution in [2.45, 2.75) is 38.9 Å². The van der Waals surface area contributed by atoms with E-state index in [9.17, 15) is 14.0 Å². The first kappa shape index (κ1) is 16.9. The van der Waals surface area contributed by atoms with Gasteiger partial charge >= 0.3 is 0 Å². The minimum Gasteiger partial charge on any atom is -0.336 e. The molecular weight excluding hydrogens is 311 g/mol. The number of halogens is 1. The van der Waals surface area contributed by atoms with Crippen LogP contribution >= 0.6 is 0 Å². The molecule has 24 heavy (non-hydrogen) atoms. The van der Waals surface area contributed by atoms with E-state index >= 15 is 0 Å². The molecule has 2 aliphatic rings. The third-order valence-electron chi connectivity index (χ3n) is 4.89. The molecule has 0 aliphatic carbocycles. The molecule has 2 unspecified atom stereocenters. The Labute approximate surface area is 141 Å². The summed E-state index contributed by atoms with van der Waals surface area (Å²) in [6, 6.07) is 4.78. The SMILES string of the molecule is Cc1cc(F)ccc1CN1CCN(C2CC(=O)NNC2C)CC1=O. The Morgan fingerprint density at radius 2 is 2.08 bits per heavy atom. The highest BCUT2D eigenvalue weighted by molar-refractivity contribution is 5.80. The fraction of sp³-hybridized carbons (Fsp3) is 0.529. The van der Waals surface area contributed by atoms with Gasteiger partial charge in [-0.15, -0.1) is 0 Å². The number of carbonyl (C=O) groups is 2. The van der Waals surface area contributed by atoms with E-state index in [1.165, 1.54) is 12.1 Å². The van der Waals surface area contributed by atoms with Crippen LogP contribution in [0.15, 0.2) is 18.2 Å². The number of aryl methyl sites for hydroxylation is 1. The van der Waals surface area contributed by atoms with Gasteiger partial charge in [-0.1, -0.05) is 6.07 Å². The minimum absolute atomic E-state index is 0.0254. The molecule has 2 amide bonds. The molecule has 1 aromatic carbocycles. The summed E-state index contributed by atoms with van der Waals surface area (Å²) in [6.45, 7) is 6.01. The van der Waals surface area contributed by atoms with E-state index in [1.807, 2.05) is 13.8 Å². The lowest BCUT2D eigenvalue weighted by molar-refractivity contribution is -0.140. The maximum atomic E-state index is 13.2. The Kier molecular flexibility index (Phi) is 4.82. The van der Waals surface area contributed by atoms with Crippen LogP contribution in [-0.4, -0.2) is 53.3 Å². The van der Waals surface area contributed by atoms with Gasteiger partial charge in [0.25, 0.3) is 0 Å². The molecule has 0 aromatic heterocycles. The number of piperazine rings is 1. The van der Waals surface area contributed by atoms with Gasteiger partial charge in [-0.3, -0.25) is 19.9 Å². The quantitative estimate of drug-likeness (QED) is 0.848. The highest BCUT2D eigenvalue weighted by Gasteiger charge is 2.35. The first-order valence-corrected chi connectivity index (χ1v) is 8.25. The van der Waals surface area contributed by atoms with Crippen LogP contribution in [0.5, 0.6) is 0 Å². The Morgan fingerprint density at radius 1 is 1.29 bits per heavy atom. The Hall–Kier alpha value is -1.99. The largest absolute Gasteiger partial charge is 0.336 e. The second-order valence-electron chi connectivity index (χ2n) is 6.61. The zero-order chi connectivity index (χ0) is 17.3. The van der Waals surface area contributed by atoms with E-state index < -0.39 is 0 Å². The third-order valence-corrected chi connectivity index (χ3v) is 4.89. The summed E-state index contributed by atoms with van der Waals surface area (Å²) in [5.74, 6) is -0.262. The number of nitrogens with one attached hydrogen (secondary N) is 2. The molecule has 0 radical (unpaired) electrons. The number of hydrogen-bond acceptors (Lipinski definition) is 4. The normalized spacial score (nSPS) is 25.7. The number of carbonyl (C=O) groups excluding carboxylic acids is 2. The summed E-state index contributed by atoms with van der Waals surface area (Å²) >= 11 is 0. The molecule has 2 heterocycles. The highest BCUT2D eigenvalue weighted by atomic mass is 19.1. The summed E-state index contributed by atoms with van der Waals surface area (Å²) in [5, 5.41) is 0. The van der Waals surface area contributed by atoms with E-state index in [2.05, 4.69) is 15.8 Å². The zero-order valence-electron chi connectivity index (χ0n) is 14.0. The molecule has 6 nitrogen and oxygen atoms in total. The Bertz CT molecular complexity index is 651. The van der Waals surface area contributed by atoms with Crippen LogP contribution in [-0.2, 0) is 16.1 Å². The summed E-state index contributed by atoms with van der Waals surface area (Å²) in [5.41, 5.74) is 7.40. The van der Waals surface area contributed by atoms with Gasteiger partial charge in [0.15, 0.2) is 0 Å². The van der Waals surface area contributed by atoms with Gasteiger partial charge in [0, 0.05) is 38.1 Å². The van der Waals surface area contributed by atoms with Crippen LogP contribution in [0.25, 0.3) is 0 Å². The van der Waals surface area contributed by atoms with Crippen LogP contribution in [0.1, 0.15) is 24.5 Å². The number of nitrogens with zero attached hydrogens (tertiary/aromatic N) is 2. The number of benzene rings is 1. The van der Waals surface area contributed by atoms with Crippen LogP contribution in [0.3, 0.4) is 0 Å². The standard InChI is InChI=1S/C17H23FN4O2/c1-11-7-14(18)4-3-13(11)9-22-6-5-21(10-17(22)24)15-8-16(23)20-19-12(15)2/h3-4,7,12,15,19H,5-6,8-10H2,1-2H3,(H,20,23). The fourth-order valence-electron chi connectivity index (χ4n) is 3.37. The Balaban J connectivity index is 1.63. The lowest BCUT2D eigenvalue weighted by Gasteiger charge is -2.42. The molecule has 0 bridgehead atoms. The second-order valence-corrected chi connectivity index (χ2v) is 6.61. The first-order valence-electron chi connectivity index (χ1n) is 8.25. The average Bonchev–Trinajstić information content (AvgIpc) is 2.54. The molecule has 1 aromatic rings. The predicted molar refractivity (Wildman–Crippen MR) is 87.3 cm³/mol. The molecular formula is C17H23FN4O2. The van der Waals surface area contributed by atoms with Crippen molar-refractivity contribution in [2.75, 3.05) is 19.6 Å². The van der Waals surface area contributed by atoms with Gasteiger partial charge < -0.3 is 4.90 Å². The predicted octanol–water partition coefficient (Wildman–Crippen LogP) is 0.560. The topological polar surface area (TPSA) is 64.7 Å². The molecule has 0 saturated carbocycles. The summed E-state index contributed by atoms with van der Waals surface area (Å²) in [4.78, 5) is 28.0. The van der Waals surface area contributed by atoms with E-state index in [-0.39, 0.29) is 29.7 Å². The van der Waals surface area contributed by atoms with Crippen LogP contribution in [0.4, 0.5) is 4.39 Å². The van der Waals surface area contributed by atoms with Gasteiger partial charge in [-0.05, 0) is 37.1 Å². The van der Waals surface area contributed by atoms with E-state index in [1.54, 1.807) is 11.0 Å². The lowest BCUT2D eigenvalue weighted by Crippen LogP contribution is -2.64. The molecule has 130 valence electrons. The molecule has 7 heteroatoms. The smallest absolute Gasteiger partial charge is 0.237 e. The van der Waals surface area contributed by atoms with Crippen molar-refractivity contribution in [2.24, 2.45) is 0 Å². The maximum absolute atomic E-state index is 13.2. The Morgan fingerprint density at radius 3 is 2.79 bits per heavy atom. The lowest BCUT2D eigenvalue weighted by atomic mass is 10.0. The fourth-order valence-corrected chi connectivity index (χ4v) is 3.37. The van der Waals surface area contributed by atoms with Gasteiger partial charge in [-0.2, -0.15) is 0 Å². The average molecular weight is 334 g/mol. The van der Waals surface area contributed by atoms with E-state index in [4.69, 9.17) is 0 Å². The number of hydrazine groups is 1. The van der Waals surface area contributed by atoms with Crippen molar-refractivity contribution < 1.29 is 14.0 Å². The monoisotopic (exact) mass is 334 g/mol. The molecule has 2 fully saturated rings. The minimum atomic E-state index is -0.260. The van der Waals surface area contributed by atoms with Crippen LogP contribution in [0.2, 0.25) is 0 Å². The van der Waals surface area contributed by atoms with Crippen molar-refractivity contribution in [1.29, 1.82) is 0 Å². The van der Waals surface area contributed by atoms with Gasteiger partial charge in [0.1, 0.15) is 5.82 Å². The maximum Gasteiger partial charge on any atom is 0.237 e. The zero-order valence-corrected chi connectivity index (χ0v) is 14.0. The van der Waals surface area contributed by atoms with Crippen molar-refractivity contribution in [1.82, 2.24) is 20.7 Å². The summed E-state index contributed by atoms with van der Waals surface area (Å²) in [7, 11) is 0. The van der Waals surface area contributed by atoms with Crippen molar-refractivity contribution >= 4 is 11.8 Å². The number of rotatable bonds is 3. The highest BCUT2D eigenvalue weighted by Crippen LogP contribution is 2.18. The number of hydrogen-bond donors (Lipinski definition) is 2. The van der Waals surface area contributed by atoms with Gasteiger partial charge in [0.2, 0.25) is 11.8 Å². The van der Waals surface area contributed by atoms with Crippen molar-refractivity contribution in [3.05, 3.63) is 35.1 Å². The number of amides is 2. The molecule has 2 N–H and O–H groups in total. The molecule has 2 aliphatic heterocycles. The molecule has 3 rings (SSSR count). The summed E-state index contributed by atoms with van der Waals surface area (Å²) in [6.07, 6.45) is 0.401. The molecule has 2 saturated heterocycles. The second kappa shape index (κ2) is 6.86. The van der Waals surface area contributed by atoms with Crippen LogP contribution < -0.4 is 10.9 Å². The van der Waals surface area contributed by atoms with Crippen molar-refractivity contribution in [3.8, 4) is 0 Å². The van der Waals surface area contributed by atoms with E-state index in [0.29, 0.717) is 26.1 Å². The van der Waals surface area contributed by atoms with Crippen LogP contribution in [0, 0.1) is 12.7 Å². The molecule has 0 spiro atoms. The third kappa shape index (κ3) is 3.57. The van der Waals surface area contributed by atoms with Crippen molar-refractivity contribution in [3.63, 3.8) is 0 Å². The van der Waals surface area contributed by atoms with Gasteiger partial charge in [0.05, 0.1) is 6.54 Å². The first-order chi connectivity index (χ1) is 11.4. The summed E-state index contributed by atoms with van der Waals surface area (Å²) < 4.78 is 13.2.